The van der Waals surface area contributed by atoms with Gasteiger partial charge in [0.1, 0.15) is 17.3 Å². The lowest BCUT2D eigenvalue weighted by Crippen LogP contribution is -2.42. The number of carbonyl (C=O) groups excluding carboxylic acids is 1. The summed E-state index contributed by atoms with van der Waals surface area (Å²) in [5.74, 6) is -0.548. The first-order valence-electron chi connectivity index (χ1n) is 10.4. The summed E-state index contributed by atoms with van der Waals surface area (Å²) in [5, 5.41) is 4.52. The molecule has 1 aliphatic rings. The molecular weight excluding hydrogens is 468 g/mol. The molecule has 10 nitrogen and oxygen atoms in total. The summed E-state index contributed by atoms with van der Waals surface area (Å²) in [6.45, 7) is 3.83. The third-order valence-electron chi connectivity index (χ3n) is 5.47. The average molecular weight is 493 g/mol. The molecule has 0 amide bonds. The number of hydrogen-bond donors (Lipinski definition) is 0. The molecule has 0 radical (unpaired) electrons. The van der Waals surface area contributed by atoms with Crippen LogP contribution in [0, 0.1) is 6.92 Å². The van der Waals surface area contributed by atoms with Crippen LogP contribution in [0.3, 0.4) is 0 Å². The lowest BCUT2D eigenvalue weighted by Gasteiger charge is -2.32. The van der Waals surface area contributed by atoms with Crippen LogP contribution in [0.4, 0.5) is 0 Å². The molecule has 1 saturated heterocycles. The van der Waals surface area contributed by atoms with Gasteiger partial charge in [-0.2, -0.15) is 13.9 Å². The number of aryl methyl sites for hydroxylation is 1. The molecule has 1 fully saturated rings. The van der Waals surface area contributed by atoms with E-state index in [-0.39, 0.29) is 34.4 Å². The van der Waals surface area contributed by atoms with Crippen molar-refractivity contribution in [3.8, 4) is 5.75 Å². The number of benzene rings is 1. The first-order valence-corrected chi connectivity index (χ1v) is 12.7. The minimum Gasteiger partial charge on any atom is -0.495 e. The largest absolute Gasteiger partial charge is 0.495 e. The van der Waals surface area contributed by atoms with Gasteiger partial charge < -0.3 is 9.47 Å². The van der Waals surface area contributed by atoms with Crippen LogP contribution in [0.5, 0.6) is 5.75 Å². The van der Waals surface area contributed by atoms with Crippen LogP contribution in [0.15, 0.2) is 34.0 Å². The molecule has 0 aliphatic carbocycles. The second-order valence-corrected chi connectivity index (χ2v) is 10.7. The second kappa shape index (κ2) is 9.20. The molecule has 1 unspecified atom stereocenters. The van der Waals surface area contributed by atoms with Crippen molar-refractivity contribution in [1.29, 1.82) is 0 Å². The van der Waals surface area contributed by atoms with Crippen LogP contribution in [0.1, 0.15) is 47.2 Å². The average Bonchev–Trinajstić information content (AvgIpc) is 3.20. The van der Waals surface area contributed by atoms with E-state index in [1.54, 1.807) is 6.92 Å². The highest BCUT2D eigenvalue weighted by Gasteiger charge is 2.33. The van der Waals surface area contributed by atoms with Crippen molar-refractivity contribution in [2.45, 2.75) is 50.7 Å². The van der Waals surface area contributed by atoms with E-state index in [1.165, 1.54) is 35.7 Å². The van der Waals surface area contributed by atoms with Crippen molar-refractivity contribution in [3.05, 3.63) is 50.9 Å². The van der Waals surface area contributed by atoms with Crippen LogP contribution in [-0.4, -0.2) is 53.0 Å². The third kappa shape index (κ3) is 4.63. The molecule has 2 aromatic heterocycles. The van der Waals surface area contributed by atoms with Gasteiger partial charge in [0, 0.05) is 24.3 Å². The molecule has 0 bridgehead atoms. The highest BCUT2D eigenvalue weighted by atomic mass is 32.2. The normalized spacial score (nSPS) is 17.2. The molecule has 0 saturated carbocycles. The molecule has 0 spiro atoms. The van der Waals surface area contributed by atoms with Crippen LogP contribution in [0.2, 0.25) is 0 Å². The fraction of sp³-hybridized carbons (Fsp3) is 0.429. The minimum absolute atomic E-state index is 0.0700. The molecule has 1 atom stereocenters. The molecule has 3 heterocycles. The van der Waals surface area contributed by atoms with Crippen LogP contribution in [0.25, 0.3) is 4.96 Å². The Morgan fingerprint density at radius 1 is 1.27 bits per heavy atom. The number of fused-ring (bicyclic) bond motifs is 1. The SMILES string of the molecule is COc1ccc(C(=O)OCc2nn3c(=O)cc(C)nc3s2)cc1S(=O)(=O)N1CCCCC1C. The Balaban J connectivity index is 1.57. The van der Waals surface area contributed by atoms with E-state index in [4.69, 9.17) is 9.47 Å². The van der Waals surface area contributed by atoms with Crippen LogP contribution >= 0.6 is 11.3 Å². The zero-order valence-corrected chi connectivity index (χ0v) is 20.1. The Bertz CT molecular complexity index is 1360. The fourth-order valence-corrected chi connectivity index (χ4v) is 6.53. The summed E-state index contributed by atoms with van der Waals surface area (Å²) < 4.78 is 39.9. The highest BCUT2D eigenvalue weighted by molar-refractivity contribution is 7.89. The summed E-state index contributed by atoms with van der Waals surface area (Å²) in [5.41, 5.74) is 0.330. The molecule has 12 heteroatoms. The molecule has 3 aromatic rings. The quantitative estimate of drug-likeness (QED) is 0.481. The molecule has 1 aromatic carbocycles. The van der Waals surface area contributed by atoms with Gasteiger partial charge >= 0.3 is 5.97 Å². The van der Waals surface area contributed by atoms with Crippen molar-refractivity contribution in [2.24, 2.45) is 0 Å². The molecule has 0 N–H and O–H groups in total. The van der Waals surface area contributed by atoms with Gasteiger partial charge in [0.2, 0.25) is 15.0 Å². The van der Waals surface area contributed by atoms with Gasteiger partial charge in [-0.05, 0) is 44.9 Å². The van der Waals surface area contributed by atoms with Gasteiger partial charge in [-0.3, -0.25) is 4.79 Å². The zero-order chi connectivity index (χ0) is 23.8. The Hall–Kier alpha value is -2.83. The van der Waals surface area contributed by atoms with Crippen molar-refractivity contribution in [2.75, 3.05) is 13.7 Å². The number of sulfonamides is 1. The number of carbonyl (C=O) groups is 1. The van der Waals surface area contributed by atoms with Crippen LogP contribution < -0.4 is 10.3 Å². The Kier molecular flexibility index (Phi) is 6.50. The maximum absolute atomic E-state index is 13.3. The van der Waals surface area contributed by atoms with Gasteiger partial charge in [0.25, 0.3) is 5.56 Å². The third-order valence-corrected chi connectivity index (χ3v) is 8.39. The van der Waals surface area contributed by atoms with E-state index in [9.17, 15) is 18.0 Å². The summed E-state index contributed by atoms with van der Waals surface area (Å²) in [7, 11) is -2.47. The van der Waals surface area contributed by atoms with Gasteiger partial charge in [-0.1, -0.05) is 17.8 Å². The smallest absolute Gasteiger partial charge is 0.338 e. The number of rotatable bonds is 6. The van der Waals surface area contributed by atoms with Crippen molar-refractivity contribution in [3.63, 3.8) is 0 Å². The standard InChI is InChI=1S/C21H24N4O6S2/c1-13-10-19(26)25-21(22-13)32-18(23-25)12-31-20(27)15-7-8-16(30-3)17(11-15)33(28,29)24-9-5-4-6-14(24)2/h7-8,10-11,14H,4-6,9,12H2,1-3H3. The van der Waals surface area contributed by atoms with E-state index >= 15 is 0 Å². The van der Waals surface area contributed by atoms with Gasteiger partial charge in [0.15, 0.2) is 5.01 Å². The Morgan fingerprint density at radius 2 is 2.06 bits per heavy atom. The number of ether oxygens (including phenoxy) is 2. The molecule has 33 heavy (non-hydrogen) atoms. The number of piperidine rings is 1. The second-order valence-electron chi connectivity index (χ2n) is 7.83. The monoisotopic (exact) mass is 492 g/mol. The molecule has 4 rings (SSSR count). The predicted molar refractivity (Wildman–Crippen MR) is 121 cm³/mol. The Labute approximate surface area is 194 Å². The lowest BCUT2D eigenvalue weighted by atomic mass is 10.1. The lowest BCUT2D eigenvalue weighted by molar-refractivity contribution is 0.0471. The van der Waals surface area contributed by atoms with Crippen LogP contribution in [-0.2, 0) is 21.4 Å². The number of nitrogens with zero attached hydrogens (tertiary/aromatic N) is 4. The number of aromatic nitrogens is 3. The van der Waals surface area contributed by atoms with E-state index < -0.39 is 16.0 Å². The summed E-state index contributed by atoms with van der Waals surface area (Å²) in [4.78, 5) is 29.3. The summed E-state index contributed by atoms with van der Waals surface area (Å²) >= 11 is 1.14. The first-order chi connectivity index (χ1) is 15.7. The number of hydrogen-bond acceptors (Lipinski definition) is 9. The first kappa shape index (κ1) is 23.3. The van der Waals surface area contributed by atoms with Crippen molar-refractivity contribution < 1.29 is 22.7 Å². The molecule has 1 aliphatic heterocycles. The van der Waals surface area contributed by atoms with Gasteiger partial charge in [0.05, 0.1) is 12.7 Å². The number of esters is 1. The van der Waals surface area contributed by atoms with Crippen molar-refractivity contribution >= 4 is 32.3 Å². The maximum Gasteiger partial charge on any atom is 0.338 e. The maximum atomic E-state index is 13.3. The highest BCUT2D eigenvalue weighted by Crippen LogP contribution is 2.32. The van der Waals surface area contributed by atoms with E-state index in [0.29, 0.717) is 22.2 Å². The minimum atomic E-state index is -3.86. The fourth-order valence-electron chi connectivity index (χ4n) is 3.79. The van der Waals surface area contributed by atoms with Gasteiger partial charge in [-0.25, -0.2) is 18.2 Å². The van der Waals surface area contributed by atoms with E-state index in [2.05, 4.69) is 10.1 Å². The predicted octanol–water partition coefficient (Wildman–Crippen LogP) is 2.39. The molecular formula is C21H24N4O6S2. The number of methoxy groups -OCH3 is 1. The molecule has 176 valence electrons. The topological polar surface area (TPSA) is 120 Å². The van der Waals surface area contributed by atoms with Gasteiger partial charge in [-0.15, -0.1) is 0 Å². The summed E-state index contributed by atoms with van der Waals surface area (Å²) in [6.07, 6.45) is 2.54. The van der Waals surface area contributed by atoms with E-state index in [0.717, 1.165) is 35.1 Å². The summed E-state index contributed by atoms with van der Waals surface area (Å²) in [6, 6.07) is 5.41. The van der Waals surface area contributed by atoms with E-state index in [1.807, 2.05) is 6.92 Å². The van der Waals surface area contributed by atoms with Crippen molar-refractivity contribution in [1.82, 2.24) is 18.9 Å². The Morgan fingerprint density at radius 3 is 2.79 bits per heavy atom. The zero-order valence-electron chi connectivity index (χ0n) is 18.5.